The molecule has 3 atom stereocenters. The van der Waals surface area contributed by atoms with Crippen molar-refractivity contribution in [3.05, 3.63) is 0 Å². The first-order valence-electron chi connectivity index (χ1n) is 5.31. The van der Waals surface area contributed by atoms with Crippen LogP contribution >= 0.6 is 0 Å². The molecule has 1 heterocycles. The lowest BCUT2D eigenvalue weighted by molar-refractivity contribution is 0.0985. The molecule has 0 aromatic carbocycles. The standard InChI is InChI=1S/C10H21N3O/c1-7-5-4-6-13(8(7)2)9(3)10(11)12-14/h7-9,14H,4-6H2,1-3H3,(H2,11,12). The van der Waals surface area contributed by atoms with Gasteiger partial charge in [0.05, 0.1) is 6.04 Å². The molecule has 1 aliphatic rings. The van der Waals surface area contributed by atoms with Gasteiger partial charge >= 0.3 is 0 Å². The normalized spacial score (nSPS) is 32.9. The number of rotatable bonds is 2. The van der Waals surface area contributed by atoms with Crippen LogP contribution in [0, 0.1) is 5.92 Å². The van der Waals surface area contributed by atoms with E-state index in [0.717, 1.165) is 6.54 Å². The molecule has 1 fully saturated rings. The summed E-state index contributed by atoms with van der Waals surface area (Å²) in [7, 11) is 0. The van der Waals surface area contributed by atoms with Crippen LogP contribution in [0.2, 0.25) is 0 Å². The molecule has 0 aromatic rings. The highest BCUT2D eigenvalue weighted by Crippen LogP contribution is 2.24. The van der Waals surface area contributed by atoms with Crippen LogP contribution in [-0.2, 0) is 0 Å². The van der Waals surface area contributed by atoms with Crippen molar-refractivity contribution in [1.29, 1.82) is 0 Å². The van der Waals surface area contributed by atoms with E-state index in [1.54, 1.807) is 0 Å². The summed E-state index contributed by atoms with van der Waals surface area (Å²) in [5, 5.41) is 11.7. The Morgan fingerprint density at radius 2 is 2.21 bits per heavy atom. The van der Waals surface area contributed by atoms with Gasteiger partial charge in [0.2, 0.25) is 0 Å². The van der Waals surface area contributed by atoms with Crippen molar-refractivity contribution in [2.45, 2.75) is 45.7 Å². The van der Waals surface area contributed by atoms with Crippen molar-refractivity contribution in [2.24, 2.45) is 16.8 Å². The van der Waals surface area contributed by atoms with Gasteiger partial charge in [-0.15, -0.1) is 0 Å². The zero-order chi connectivity index (χ0) is 10.7. The van der Waals surface area contributed by atoms with E-state index in [-0.39, 0.29) is 6.04 Å². The zero-order valence-corrected chi connectivity index (χ0v) is 9.27. The SMILES string of the molecule is CC1CCCN(C(C)/C(N)=N/O)C1C. The Labute approximate surface area is 85.8 Å². The minimum atomic E-state index is 0.0396. The minimum absolute atomic E-state index is 0.0396. The summed E-state index contributed by atoms with van der Waals surface area (Å²) in [6.45, 7) is 7.51. The summed E-state index contributed by atoms with van der Waals surface area (Å²) in [4.78, 5) is 2.31. The third kappa shape index (κ3) is 2.18. The Hall–Kier alpha value is -0.770. The van der Waals surface area contributed by atoms with Crippen LogP contribution in [-0.4, -0.2) is 34.6 Å². The summed E-state index contributed by atoms with van der Waals surface area (Å²) < 4.78 is 0. The van der Waals surface area contributed by atoms with Crippen molar-refractivity contribution < 1.29 is 5.21 Å². The summed E-state index contributed by atoms with van der Waals surface area (Å²) in [5.74, 6) is 1.00. The largest absolute Gasteiger partial charge is 0.409 e. The number of hydrogen-bond acceptors (Lipinski definition) is 3. The molecule has 1 aliphatic heterocycles. The number of likely N-dealkylation sites (tertiary alicyclic amines) is 1. The zero-order valence-electron chi connectivity index (χ0n) is 9.27. The highest BCUT2D eigenvalue weighted by atomic mass is 16.4. The lowest BCUT2D eigenvalue weighted by Crippen LogP contribution is -2.52. The van der Waals surface area contributed by atoms with E-state index in [1.807, 2.05) is 6.92 Å². The molecule has 0 saturated carbocycles. The van der Waals surface area contributed by atoms with Crippen LogP contribution in [0.1, 0.15) is 33.6 Å². The average molecular weight is 199 g/mol. The predicted octanol–water partition coefficient (Wildman–Crippen LogP) is 1.24. The summed E-state index contributed by atoms with van der Waals surface area (Å²) >= 11 is 0. The van der Waals surface area contributed by atoms with Gasteiger partial charge in [-0.05, 0) is 39.2 Å². The molecule has 4 nitrogen and oxygen atoms in total. The Morgan fingerprint density at radius 1 is 1.57 bits per heavy atom. The number of amidine groups is 1. The number of nitrogens with zero attached hydrogens (tertiary/aromatic N) is 2. The monoisotopic (exact) mass is 199 g/mol. The number of oxime groups is 1. The Morgan fingerprint density at radius 3 is 2.79 bits per heavy atom. The third-order valence-electron chi connectivity index (χ3n) is 3.46. The van der Waals surface area contributed by atoms with Gasteiger partial charge in [-0.25, -0.2) is 0 Å². The molecule has 4 heteroatoms. The fraction of sp³-hybridized carbons (Fsp3) is 0.900. The van der Waals surface area contributed by atoms with E-state index in [1.165, 1.54) is 12.8 Å². The second-order valence-corrected chi connectivity index (χ2v) is 4.30. The quantitative estimate of drug-likeness (QED) is 0.304. The van der Waals surface area contributed by atoms with Gasteiger partial charge in [0.15, 0.2) is 5.84 Å². The van der Waals surface area contributed by atoms with Crippen LogP contribution in [0.5, 0.6) is 0 Å². The van der Waals surface area contributed by atoms with Crippen molar-refractivity contribution in [2.75, 3.05) is 6.54 Å². The maximum absolute atomic E-state index is 8.62. The van der Waals surface area contributed by atoms with Gasteiger partial charge < -0.3 is 10.9 Å². The molecule has 0 aromatic heterocycles. The first-order valence-corrected chi connectivity index (χ1v) is 5.31. The van der Waals surface area contributed by atoms with Gasteiger partial charge in [-0.3, -0.25) is 4.90 Å². The maximum atomic E-state index is 8.62. The highest BCUT2D eigenvalue weighted by Gasteiger charge is 2.29. The third-order valence-corrected chi connectivity index (χ3v) is 3.46. The first kappa shape index (κ1) is 11.3. The van der Waals surface area contributed by atoms with Gasteiger partial charge in [-0.1, -0.05) is 12.1 Å². The molecular formula is C10H21N3O. The van der Waals surface area contributed by atoms with Crippen molar-refractivity contribution in [3.63, 3.8) is 0 Å². The van der Waals surface area contributed by atoms with E-state index in [9.17, 15) is 0 Å². The Kier molecular flexibility index (Phi) is 3.75. The molecule has 0 aliphatic carbocycles. The van der Waals surface area contributed by atoms with E-state index in [4.69, 9.17) is 10.9 Å². The molecular weight excluding hydrogens is 178 g/mol. The number of nitrogens with two attached hydrogens (primary N) is 1. The molecule has 1 rings (SSSR count). The molecule has 14 heavy (non-hydrogen) atoms. The number of hydrogen-bond donors (Lipinski definition) is 2. The van der Waals surface area contributed by atoms with Crippen molar-refractivity contribution in [1.82, 2.24) is 4.90 Å². The lowest BCUT2D eigenvalue weighted by atomic mass is 9.91. The molecule has 0 radical (unpaired) electrons. The van der Waals surface area contributed by atoms with Crippen LogP contribution in [0.4, 0.5) is 0 Å². The van der Waals surface area contributed by atoms with Crippen LogP contribution in [0.25, 0.3) is 0 Å². The Balaban J connectivity index is 2.66. The van der Waals surface area contributed by atoms with Gasteiger partial charge in [0.1, 0.15) is 0 Å². The fourth-order valence-corrected chi connectivity index (χ4v) is 2.17. The number of piperidine rings is 1. The molecule has 0 spiro atoms. The lowest BCUT2D eigenvalue weighted by Gasteiger charge is -2.41. The second kappa shape index (κ2) is 4.64. The van der Waals surface area contributed by atoms with Crippen molar-refractivity contribution >= 4 is 5.84 Å². The topological polar surface area (TPSA) is 61.8 Å². The molecule has 82 valence electrons. The van der Waals surface area contributed by atoms with Gasteiger partial charge in [0, 0.05) is 6.04 Å². The minimum Gasteiger partial charge on any atom is -0.409 e. The summed E-state index contributed by atoms with van der Waals surface area (Å²) in [6, 6.07) is 0.553. The van der Waals surface area contributed by atoms with Gasteiger partial charge in [-0.2, -0.15) is 0 Å². The molecule has 3 unspecified atom stereocenters. The van der Waals surface area contributed by atoms with Crippen LogP contribution < -0.4 is 5.73 Å². The highest BCUT2D eigenvalue weighted by molar-refractivity contribution is 5.84. The van der Waals surface area contributed by atoms with Crippen LogP contribution in [0.3, 0.4) is 0 Å². The van der Waals surface area contributed by atoms with Crippen LogP contribution in [0.15, 0.2) is 5.16 Å². The fourth-order valence-electron chi connectivity index (χ4n) is 2.17. The predicted molar refractivity (Wildman–Crippen MR) is 57.4 cm³/mol. The average Bonchev–Trinajstić information content (AvgIpc) is 2.20. The maximum Gasteiger partial charge on any atom is 0.156 e. The molecule has 0 amide bonds. The Bertz CT molecular complexity index is 217. The first-order chi connectivity index (χ1) is 6.57. The molecule has 3 N–H and O–H groups in total. The van der Waals surface area contributed by atoms with Crippen molar-refractivity contribution in [3.8, 4) is 0 Å². The van der Waals surface area contributed by atoms with E-state index in [2.05, 4.69) is 23.9 Å². The molecule has 0 bridgehead atoms. The van der Waals surface area contributed by atoms with E-state index in [0.29, 0.717) is 17.8 Å². The smallest absolute Gasteiger partial charge is 0.156 e. The van der Waals surface area contributed by atoms with Gasteiger partial charge in [0.25, 0.3) is 0 Å². The summed E-state index contributed by atoms with van der Waals surface area (Å²) in [6.07, 6.45) is 2.48. The molecule has 1 saturated heterocycles. The summed E-state index contributed by atoms with van der Waals surface area (Å²) in [5.41, 5.74) is 5.61. The second-order valence-electron chi connectivity index (χ2n) is 4.30. The van der Waals surface area contributed by atoms with E-state index < -0.39 is 0 Å². The van der Waals surface area contributed by atoms with E-state index >= 15 is 0 Å².